The highest BCUT2D eigenvalue weighted by atomic mass is 19.1. The molecule has 1 amide bonds. The van der Waals surface area contributed by atoms with E-state index in [9.17, 15) is 13.6 Å². The van der Waals surface area contributed by atoms with Crippen LogP contribution in [0.25, 0.3) is 0 Å². The lowest BCUT2D eigenvalue weighted by molar-refractivity contribution is -0.114. The molecule has 0 saturated heterocycles. The molecule has 0 fully saturated rings. The zero-order valence-electron chi connectivity index (χ0n) is 13.8. The fraction of sp³-hybridized carbons (Fsp3) is 0.0556. The Balaban J connectivity index is 1.72. The molecule has 0 aliphatic rings. The Kier molecular flexibility index (Phi) is 5.02. The summed E-state index contributed by atoms with van der Waals surface area (Å²) in [5.74, 6) is -0.898. The molecule has 0 bridgehead atoms. The molecule has 8 heteroatoms. The number of amides is 1. The normalized spacial score (nSPS) is 10.3. The zero-order chi connectivity index (χ0) is 18.5. The monoisotopic (exact) mass is 355 g/mol. The standard InChI is InChI=1S/C18H15F2N5O/c1-11(26)22-13-3-5-14(6-4-13)23-17-8-9-21-18(25-17)24-16-7-2-12(19)10-15(16)20/h2-10H,1H3,(H,22,26)(H2,21,23,24,25). The van der Waals surface area contributed by atoms with Gasteiger partial charge in [-0.1, -0.05) is 0 Å². The van der Waals surface area contributed by atoms with Gasteiger partial charge in [0.1, 0.15) is 17.5 Å². The second kappa shape index (κ2) is 7.56. The molecule has 2 aromatic carbocycles. The van der Waals surface area contributed by atoms with Gasteiger partial charge in [0, 0.05) is 30.6 Å². The van der Waals surface area contributed by atoms with Crippen LogP contribution in [0.1, 0.15) is 6.92 Å². The Labute approximate surface area is 148 Å². The van der Waals surface area contributed by atoms with Crippen LogP contribution in [0.2, 0.25) is 0 Å². The quantitative estimate of drug-likeness (QED) is 0.639. The zero-order valence-corrected chi connectivity index (χ0v) is 13.8. The van der Waals surface area contributed by atoms with Gasteiger partial charge in [-0.05, 0) is 42.5 Å². The van der Waals surface area contributed by atoms with E-state index in [0.717, 1.165) is 17.8 Å². The molecule has 0 aliphatic heterocycles. The van der Waals surface area contributed by atoms with Gasteiger partial charge in [0.15, 0.2) is 0 Å². The van der Waals surface area contributed by atoms with Crippen LogP contribution in [-0.2, 0) is 4.79 Å². The number of nitrogens with one attached hydrogen (secondary N) is 3. The van der Waals surface area contributed by atoms with Gasteiger partial charge in [-0.2, -0.15) is 4.98 Å². The summed E-state index contributed by atoms with van der Waals surface area (Å²) in [5.41, 5.74) is 1.50. The number of carbonyl (C=O) groups is 1. The summed E-state index contributed by atoms with van der Waals surface area (Å²) in [7, 11) is 0. The van der Waals surface area contributed by atoms with Crippen LogP contribution in [0.15, 0.2) is 54.7 Å². The summed E-state index contributed by atoms with van der Waals surface area (Å²) >= 11 is 0. The Morgan fingerprint density at radius 1 is 0.962 bits per heavy atom. The van der Waals surface area contributed by atoms with Crippen molar-refractivity contribution in [1.29, 1.82) is 0 Å². The van der Waals surface area contributed by atoms with Crippen LogP contribution in [0.3, 0.4) is 0 Å². The minimum absolute atomic E-state index is 0.0724. The Hall–Kier alpha value is -3.55. The first kappa shape index (κ1) is 17.3. The minimum atomic E-state index is -0.736. The molecule has 0 radical (unpaired) electrons. The second-order valence-corrected chi connectivity index (χ2v) is 5.40. The van der Waals surface area contributed by atoms with Crippen LogP contribution in [0, 0.1) is 11.6 Å². The predicted molar refractivity (Wildman–Crippen MR) is 95.7 cm³/mol. The van der Waals surface area contributed by atoms with Crippen molar-refractivity contribution in [2.45, 2.75) is 6.92 Å². The third-order valence-electron chi connectivity index (χ3n) is 3.31. The molecule has 0 atom stereocenters. The van der Waals surface area contributed by atoms with Crippen molar-refractivity contribution in [3.05, 3.63) is 66.4 Å². The molecule has 26 heavy (non-hydrogen) atoms. The molecule has 3 N–H and O–H groups in total. The van der Waals surface area contributed by atoms with Crippen LogP contribution in [0.5, 0.6) is 0 Å². The fourth-order valence-corrected chi connectivity index (χ4v) is 2.19. The van der Waals surface area contributed by atoms with Crippen molar-refractivity contribution in [1.82, 2.24) is 9.97 Å². The number of nitrogens with zero attached hydrogens (tertiary/aromatic N) is 2. The van der Waals surface area contributed by atoms with Crippen molar-refractivity contribution < 1.29 is 13.6 Å². The highest BCUT2D eigenvalue weighted by Gasteiger charge is 2.06. The van der Waals surface area contributed by atoms with Crippen LogP contribution >= 0.6 is 0 Å². The molecule has 3 rings (SSSR count). The van der Waals surface area contributed by atoms with Crippen molar-refractivity contribution in [3.63, 3.8) is 0 Å². The number of halogens is 2. The smallest absolute Gasteiger partial charge is 0.229 e. The van der Waals surface area contributed by atoms with E-state index >= 15 is 0 Å². The van der Waals surface area contributed by atoms with Gasteiger partial charge in [-0.3, -0.25) is 4.79 Å². The van der Waals surface area contributed by atoms with E-state index in [1.54, 1.807) is 30.3 Å². The number of rotatable bonds is 5. The molecule has 0 saturated carbocycles. The fourth-order valence-electron chi connectivity index (χ4n) is 2.19. The van der Waals surface area contributed by atoms with Gasteiger partial charge in [0.05, 0.1) is 5.69 Å². The summed E-state index contributed by atoms with van der Waals surface area (Å²) in [6.45, 7) is 1.44. The maximum atomic E-state index is 13.7. The lowest BCUT2D eigenvalue weighted by Gasteiger charge is -2.10. The van der Waals surface area contributed by atoms with E-state index in [2.05, 4.69) is 25.9 Å². The van der Waals surface area contributed by atoms with Crippen LogP contribution < -0.4 is 16.0 Å². The van der Waals surface area contributed by atoms with Gasteiger partial charge < -0.3 is 16.0 Å². The first-order valence-corrected chi connectivity index (χ1v) is 7.69. The third kappa shape index (κ3) is 4.50. The van der Waals surface area contributed by atoms with Crippen molar-refractivity contribution in [3.8, 4) is 0 Å². The average Bonchev–Trinajstić information content (AvgIpc) is 2.59. The Morgan fingerprint density at radius 3 is 2.38 bits per heavy atom. The first-order valence-electron chi connectivity index (χ1n) is 7.69. The maximum Gasteiger partial charge on any atom is 0.229 e. The number of aromatic nitrogens is 2. The number of anilines is 5. The van der Waals surface area contributed by atoms with E-state index in [1.165, 1.54) is 19.2 Å². The number of benzene rings is 2. The van der Waals surface area contributed by atoms with Gasteiger partial charge >= 0.3 is 0 Å². The van der Waals surface area contributed by atoms with Gasteiger partial charge in [0.25, 0.3) is 0 Å². The Morgan fingerprint density at radius 2 is 1.69 bits per heavy atom. The van der Waals surface area contributed by atoms with Gasteiger partial charge in [-0.25, -0.2) is 13.8 Å². The highest BCUT2D eigenvalue weighted by Crippen LogP contribution is 2.21. The molecular weight excluding hydrogens is 340 g/mol. The SMILES string of the molecule is CC(=O)Nc1ccc(Nc2ccnc(Nc3ccc(F)cc3F)n2)cc1. The summed E-state index contributed by atoms with van der Waals surface area (Å²) in [5, 5.41) is 8.46. The van der Waals surface area contributed by atoms with E-state index in [0.29, 0.717) is 11.5 Å². The summed E-state index contributed by atoms with van der Waals surface area (Å²) in [4.78, 5) is 19.3. The Bertz CT molecular complexity index is 931. The van der Waals surface area contributed by atoms with Crippen LogP contribution in [0.4, 0.5) is 37.6 Å². The topological polar surface area (TPSA) is 78.9 Å². The predicted octanol–water partition coefficient (Wildman–Crippen LogP) is 4.20. The minimum Gasteiger partial charge on any atom is -0.340 e. The molecule has 3 aromatic rings. The van der Waals surface area contributed by atoms with E-state index < -0.39 is 11.6 Å². The molecule has 0 aliphatic carbocycles. The summed E-state index contributed by atoms with van der Waals surface area (Å²) in [6, 6.07) is 11.9. The lowest BCUT2D eigenvalue weighted by Crippen LogP contribution is -2.05. The van der Waals surface area contributed by atoms with Crippen molar-refractivity contribution in [2.75, 3.05) is 16.0 Å². The molecule has 0 unspecified atom stereocenters. The number of hydrogen-bond acceptors (Lipinski definition) is 5. The highest BCUT2D eigenvalue weighted by molar-refractivity contribution is 5.88. The lowest BCUT2D eigenvalue weighted by atomic mass is 10.2. The average molecular weight is 355 g/mol. The van der Waals surface area contributed by atoms with E-state index in [4.69, 9.17) is 0 Å². The van der Waals surface area contributed by atoms with Crippen LogP contribution in [-0.4, -0.2) is 15.9 Å². The van der Waals surface area contributed by atoms with Crippen molar-refractivity contribution >= 4 is 34.7 Å². The second-order valence-electron chi connectivity index (χ2n) is 5.40. The molecular formula is C18H15F2N5O. The van der Waals surface area contributed by atoms with Gasteiger partial charge in [0.2, 0.25) is 11.9 Å². The molecule has 132 valence electrons. The molecule has 6 nitrogen and oxygen atoms in total. The largest absolute Gasteiger partial charge is 0.340 e. The maximum absolute atomic E-state index is 13.7. The first-order chi connectivity index (χ1) is 12.5. The number of hydrogen-bond donors (Lipinski definition) is 3. The number of carbonyl (C=O) groups excluding carboxylic acids is 1. The van der Waals surface area contributed by atoms with Gasteiger partial charge in [-0.15, -0.1) is 0 Å². The molecule has 0 spiro atoms. The molecule has 1 aromatic heterocycles. The van der Waals surface area contributed by atoms with E-state index in [1.807, 2.05) is 0 Å². The van der Waals surface area contributed by atoms with Crippen molar-refractivity contribution in [2.24, 2.45) is 0 Å². The third-order valence-corrected chi connectivity index (χ3v) is 3.31. The molecule has 1 heterocycles. The summed E-state index contributed by atoms with van der Waals surface area (Å²) in [6.07, 6.45) is 1.50. The van der Waals surface area contributed by atoms with E-state index in [-0.39, 0.29) is 17.5 Å². The summed E-state index contributed by atoms with van der Waals surface area (Å²) < 4.78 is 26.7.